The minimum atomic E-state index is -0.897. The topological polar surface area (TPSA) is 67.2 Å². The molecule has 0 saturated carbocycles. The van der Waals surface area contributed by atoms with Crippen LogP contribution < -0.4 is 5.32 Å². The van der Waals surface area contributed by atoms with Gasteiger partial charge in [0.15, 0.2) is 0 Å². The summed E-state index contributed by atoms with van der Waals surface area (Å²) in [5.74, 6) is -0.897. The average Bonchev–Trinajstić information content (AvgIpc) is 2.81. The molecule has 112 valence electrons. The molecule has 0 spiro atoms. The first-order valence-electron chi connectivity index (χ1n) is 7.05. The van der Waals surface area contributed by atoms with Crippen LogP contribution >= 0.6 is 0 Å². The lowest BCUT2D eigenvalue weighted by Crippen LogP contribution is -2.14. The molecule has 5 nitrogen and oxygen atoms in total. The number of nitrogens with one attached hydrogen (secondary N) is 1. The largest absolute Gasteiger partial charge is 0.478 e. The zero-order chi connectivity index (χ0) is 15.4. The van der Waals surface area contributed by atoms with Crippen LogP contribution in [-0.4, -0.2) is 20.9 Å². The summed E-state index contributed by atoms with van der Waals surface area (Å²) in [6, 6.07) is 7.33. The van der Waals surface area contributed by atoms with Crippen LogP contribution in [-0.2, 0) is 13.1 Å². The Morgan fingerprint density at radius 3 is 2.76 bits per heavy atom. The summed E-state index contributed by atoms with van der Waals surface area (Å²) >= 11 is 0. The average molecular weight is 287 g/mol. The molecule has 5 heteroatoms. The molecule has 1 aromatic carbocycles. The Kier molecular flexibility index (Phi) is 4.75. The van der Waals surface area contributed by atoms with E-state index in [0.717, 1.165) is 23.4 Å². The predicted molar refractivity (Wildman–Crippen MR) is 81.3 cm³/mol. The number of aromatic carboxylic acids is 1. The van der Waals surface area contributed by atoms with Crippen molar-refractivity contribution in [2.24, 2.45) is 0 Å². The van der Waals surface area contributed by atoms with E-state index in [1.807, 2.05) is 16.9 Å². The quantitative estimate of drug-likeness (QED) is 0.857. The van der Waals surface area contributed by atoms with Gasteiger partial charge in [0.25, 0.3) is 0 Å². The third-order valence-electron chi connectivity index (χ3n) is 3.45. The summed E-state index contributed by atoms with van der Waals surface area (Å²) < 4.78 is 2.00. The van der Waals surface area contributed by atoms with Crippen molar-refractivity contribution in [3.8, 4) is 0 Å². The van der Waals surface area contributed by atoms with Crippen molar-refractivity contribution in [3.63, 3.8) is 0 Å². The Labute approximate surface area is 124 Å². The van der Waals surface area contributed by atoms with Gasteiger partial charge in [0, 0.05) is 30.4 Å². The number of carboxylic acid groups (broad SMARTS) is 1. The molecule has 2 N–H and O–H groups in total. The molecular formula is C16H21N3O2. The van der Waals surface area contributed by atoms with Crippen LogP contribution in [0, 0.1) is 6.92 Å². The van der Waals surface area contributed by atoms with Gasteiger partial charge in [-0.05, 0) is 38.5 Å². The maximum atomic E-state index is 10.9. The minimum Gasteiger partial charge on any atom is -0.478 e. The molecule has 21 heavy (non-hydrogen) atoms. The Balaban J connectivity index is 1.95. The molecule has 2 aromatic rings. The number of carboxylic acids is 1. The van der Waals surface area contributed by atoms with E-state index in [1.165, 1.54) is 0 Å². The van der Waals surface area contributed by atoms with Crippen molar-refractivity contribution in [2.75, 3.05) is 0 Å². The van der Waals surface area contributed by atoms with E-state index >= 15 is 0 Å². The fourth-order valence-electron chi connectivity index (χ4n) is 2.31. The molecule has 0 bridgehead atoms. The highest BCUT2D eigenvalue weighted by atomic mass is 16.4. The standard InChI is InChI=1S/C16H21N3O2/c1-11(2)19-12(3)15(10-18-19)9-17-8-13-5-4-6-14(7-13)16(20)21/h4-7,10-11,17H,8-9H2,1-3H3,(H,20,21). The lowest BCUT2D eigenvalue weighted by atomic mass is 10.1. The zero-order valence-corrected chi connectivity index (χ0v) is 12.6. The van der Waals surface area contributed by atoms with Crippen molar-refractivity contribution in [2.45, 2.75) is 39.9 Å². The van der Waals surface area contributed by atoms with Gasteiger partial charge in [-0.3, -0.25) is 4.68 Å². The lowest BCUT2D eigenvalue weighted by molar-refractivity contribution is 0.0696. The van der Waals surface area contributed by atoms with Gasteiger partial charge >= 0.3 is 5.97 Å². The fourth-order valence-corrected chi connectivity index (χ4v) is 2.31. The van der Waals surface area contributed by atoms with Crippen LogP contribution in [0.2, 0.25) is 0 Å². The van der Waals surface area contributed by atoms with E-state index in [0.29, 0.717) is 18.2 Å². The molecule has 1 aromatic heterocycles. The Bertz CT molecular complexity index is 632. The molecule has 1 heterocycles. The van der Waals surface area contributed by atoms with Gasteiger partial charge in [-0.2, -0.15) is 5.10 Å². The minimum absolute atomic E-state index is 0.318. The van der Waals surface area contributed by atoms with Crippen LogP contribution in [0.1, 0.15) is 47.1 Å². The molecule has 0 fully saturated rings. The normalized spacial score (nSPS) is 11.0. The molecule has 0 saturated heterocycles. The van der Waals surface area contributed by atoms with Crippen LogP contribution in [0.4, 0.5) is 0 Å². The van der Waals surface area contributed by atoms with Crippen LogP contribution in [0.5, 0.6) is 0 Å². The molecular weight excluding hydrogens is 266 g/mol. The summed E-state index contributed by atoms with van der Waals surface area (Å²) in [6.45, 7) is 7.63. The van der Waals surface area contributed by atoms with Crippen molar-refractivity contribution in [1.82, 2.24) is 15.1 Å². The smallest absolute Gasteiger partial charge is 0.335 e. The summed E-state index contributed by atoms with van der Waals surface area (Å²) in [4.78, 5) is 10.9. The van der Waals surface area contributed by atoms with Gasteiger partial charge in [0.05, 0.1) is 11.8 Å². The van der Waals surface area contributed by atoms with E-state index in [4.69, 9.17) is 5.11 Å². The van der Waals surface area contributed by atoms with Gasteiger partial charge in [-0.15, -0.1) is 0 Å². The van der Waals surface area contributed by atoms with Crippen LogP contribution in [0.25, 0.3) is 0 Å². The second-order valence-corrected chi connectivity index (χ2v) is 5.40. The molecule has 0 amide bonds. The van der Waals surface area contributed by atoms with E-state index in [9.17, 15) is 4.79 Å². The van der Waals surface area contributed by atoms with Crippen molar-refractivity contribution in [1.29, 1.82) is 0 Å². The van der Waals surface area contributed by atoms with Crippen LogP contribution in [0.15, 0.2) is 30.5 Å². The summed E-state index contributed by atoms with van der Waals surface area (Å²) in [6.07, 6.45) is 1.88. The van der Waals surface area contributed by atoms with Crippen molar-refractivity contribution < 1.29 is 9.90 Å². The van der Waals surface area contributed by atoms with Gasteiger partial charge in [0.2, 0.25) is 0 Å². The summed E-state index contributed by atoms with van der Waals surface area (Å²) in [5.41, 5.74) is 3.61. The second kappa shape index (κ2) is 6.54. The Hall–Kier alpha value is -2.14. The molecule has 0 radical (unpaired) electrons. The maximum absolute atomic E-state index is 10.9. The molecule has 0 aliphatic carbocycles. The first-order valence-corrected chi connectivity index (χ1v) is 7.05. The predicted octanol–water partition coefficient (Wildman–Crippen LogP) is 2.76. The Morgan fingerprint density at radius 1 is 1.38 bits per heavy atom. The lowest BCUT2D eigenvalue weighted by Gasteiger charge is -2.09. The molecule has 0 atom stereocenters. The van der Waals surface area contributed by atoms with Gasteiger partial charge < -0.3 is 10.4 Å². The molecule has 0 aliphatic heterocycles. The summed E-state index contributed by atoms with van der Waals surface area (Å²) in [7, 11) is 0. The number of hydrogen-bond donors (Lipinski definition) is 2. The van der Waals surface area contributed by atoms with E-state index in [-0.39, 0.29) is 0 Å². The van der Waals surface area contributed by atoms with E-state index in [1.54, 1.807) is 18.2 Å². The van der Waals surface area contributed by atoms with Gasteiger partial charge in [-0.1, -0.05) is 12.1 Å². The number of carbonyl (C=O) groups is 1. The first-order chi connectivity index (χ1) is 9.99. The van der Waals surface area contributed by atoms with Crippen molar-refractivity contribution >= 4 is 5.97 Å². The molecule has 2 rings (SSSR count). The van der Waals surface area contributed by atoms with E-state index < -0.39 is 5.97 Å². The number of aromatic nitrogens is 2. The van der Waals surface area contributed by atoms with E-state index in [2.05, 4.69) is 31.2 Å². The zero-order valence-electron chi connectivity index (χ0n) is 12.6. The highest BCUT2D eigenvalue weighted by Gasteiger charge is 2.08. The highest BCUT2D eigenvalue weighted by molar-refractivity contribution is 5.87. The SMILES string of the molecule is Cc1c(CNCc2cccc(C(=O)O)c2)cnn1C(C)C. The third-order valence-corrected chi connectivity index (χ3v) is 3.45. The second-order valence-electron chi connectivity index (χ2n) is 5.40. The number of benzene rings is 1. The first kappa shape index (κ1) is 15.3. The fraction of sp³-hybridized carbons (Fsp3) is 0.375. The highest BCUT2D eigenvalue weighted by Crippen LogP contribution is 2.13. The van der Waals surface area contributed by atoms with Crippen LogP contribution in [0.3, 0.4) is 0 Å². The molecule has 0 unspecified atom stereocenters. The maximum Gasteiger partial charge on any atom is 0.335 e. The Morgan fingerprint density at radius 2 is 2.14 bits per heavy atom. The van der Waals surface area contributed by atoms with Gasteiger partial charge in [-0.25, -0.2) is 4.79 Å². The number of nitrogens with zero attached hydrogens (tertiary/aromatic N) is 2. The number of hydrogen-bond acceptors (Lipinski definition) is 3. The molecule has 0 aliphatic rings. The third kappa shape index (κ3) is 3.70. The number of rotatable bonds is 6. The monoisotopic (exact) mass is 287 g/mol. The summed E-state index contributed by atoms with van der Waals surface area (Å²) in [5, 5.41) is 16.7. The van der Waals surface area contributed by atoms with Crippen molar-refractivity contribution in [3.05, 3.63) is 52.8 Å². The van der Waals surface area contributed by atoms with Gasteiger partial charge in [0.1, 0.15) is 0 Å².